The predicted molar refractivity (Wildman–Crippen MR) is 49.7 cm³/mol. The molecule has 5 nitrogen and oxygen atoms in total. The molecule has 0 aromatic rings. The van der Waals surface area contributed by atoms with Crippen LogP contribution < -0.4 is 11.1 Å². The number of nitrogens with one attached hydrogen (secondary N) is 1. The standard InChI is InChI=1S/C7H11N3O2S/c1-13-5(6(9)11)7(12)10-4-2-3-8/h5H,2,4H2,1H3,(H2,9,11)(H,10,12). The molecule has 3 N–H and O–H groups in total. The van der Waals surface area contributed by atoms with Gasteiger partial charge in [-0.3, -0.25) is 9.59 Å². The van der Waals surface area contributed by atoms with Crippen LogP contribution in [0.1, 0.15) is 6.42 Å². The maximum absolute atomic E-state index is 11.1. The number of amides is 2. The zero-order chi connectivity index (χ0) is 10.3. The van der Waals surface area contributed by atoms with Crippen LogP contribution in [0.15, 0.2) is 0 Å². The van der Waals surface area contributed by atoms with Gasteiger partial charge in [-0.2, -0.15) is 5.26 Å². The van der Waals surface area contributed by atoms with E-state index < -0.39 is 17.1 Å². The van der Waals surface area contributed by atoms with Crippen molar-refractivity contribution in [2.75, 3.05) is 12.8 Å². The second kappa shape index (κ2) is 6.31. The first-order chi connectivity index (χ1) is 6.13. The second-order valence-electron chi connectivity index (χ2n) is 2.22. The average Bonchev–Trinajstić information content (AvgIpc) is 2.05. The number of rotatable bonds is 5. The van der Waals surface area contributed by atoms with Gasteiger partial charge in [0.15, 0.2) is 5.25 Å². The summed E-state index contributed by atoms with van der Waals surface area (Å²) in [5.41, 5.74) is 4.97. The molecule has 0 rings (SSSR count). The topological polar surface area (TPSA) is 96.0 Å². The van der Waals surface area contributed by atoms with Gasteiger partial charge in [0.25, 0.3) is 0 Å². The van der Waals surface area contributed by atoms with Gasteiger partial charge in [-0.1, -0.05) is 0 Å². The highest BCUT2D eigenvalue weighted by atomic mass is 32.2. The first-order valence-corrected chi connectivity index (χ1v) is 4.89. The maximum atomic E-state index is 11.1. The number of hydrogen-bond acceptors (Lipinski definition) is 4. The molecule has 0 aromatic carbocycles. The highest BCUT2D eigenvalue weighted by Crippen LogP contribution is 2.04. The summed E-state index contributed by atoms with van der Waals surface area (Å²) in [6, 6.07) is 1.87. The fraction of sp³-hybridized carbons (Fsp3) is 0.571. The molecular formula is C7H11N3O2S. The van der Waals surface area contributed by atoms with Crippen molar-refractivity contribution in [3.05, 3.63) is 0 Å². The molecule has 0 aromatic heterocycles. The number of carbonyl (C=O) groups excluding carboxylic acids is 2. The molecule has 0 aliphatic rings. The summed E-state index contributed by atoms with van der Waals surface area (Å²) >= 11 is 1.07. The molecule has 0 fully saturated rings. The Kier molecular flexibility index (Phi) is 5.72. The van der Waals surface area contributed by atoms with Gasteiger partial charge in [-0.05, 0) is 6.26 Å². The Labute approximate surface area is 80.7 Å². The average molecular weight is 201 g/mol. The third-order valence-electron chi connectivity index (χ3n) is 1.27. The van der Waals surface area contributed by atoms with Crippen LogP contribution in [0.5, 0.6) is 0 Å². The van der Waals surface area contributed by atoms with Crippen molar-refractivity contribution in [1.29, 1.82) is 5.26 Å². The van der Waals surface area contributed by atoms with Crippen LogP contribution in [-0.4, -0.2) is 29.9 Å². The Balaban J connectivity index is 3.94. The first-order valence-electron chi connectivity index (χ1n) is 3.60. The Morgan fingerprint density at radius 2 is 2.31 bits per heavy atom. The van der Waals surface area contributed by atoms with Crippen LogP contribution in [0.25, 0.3) is 0 Å². The van der Waals surface area contributed by atoms with Gasteiger partial charge in [-0.15, -0.1) is 11.8 Å². The highest BCUT2D eigenvalue weighted by Gasteiger charge is 2.22. The lowest BCUT2D eigenvalue weighted by Gasteiger charge is -2.09. The van der Waals surface area contributed by atoms with Crippen LogP contribution >= 0.6 is 11.8 Å². The molecule has 0 spiro atoms. The van der Waals surface area contributed by atoms with Crippen molar-refractivity contribution in [2.45, 2.75) is 11.7 Å². The van der Waals surface area contributed by atoms with Crippen molar-refractivity contribution in [1.82, 2.24) is 5.32 Å². The van der Waals surface area contributed by atoms with Crippen molar-refractivity contribution in [3.8, 4) is 6.07 Å². The number of primary amides is 1. The quantitative estimate of drug-likeness (QED) is 0.451. The normalized spacial score (nSPS) is 11.4. The Hall–Kier alpha value is -1.22. The molecule has 1 unspecified atom stereocenters. The molecule has 0 aliphatic heterocycles. The SMILES string of the molecule is CSC(C(N)=O)C(=O)NCCC#N. The summed E-state index contributed by atoms with van der Waals surface area (Å²) in [6.45, 7) is 0.250. The van der Waals surface area contributed by atoms with E-state index in [-0.39, 0.29) is 13.0 Å². The first kappa shape index (κ1) is 11.8. The fourth-order valence-corrected chi connectivity index (χ4v) is 1.22. The second-order valence-corrected chi connectivity index (χ2v) is 3.16. The van der Waals surface area contributed by atoms with E-state index in [1.165, 1.54) is 0 Å². The summed E-state index contributed by atoms with van der Waals surface area (Å²) in [7, 11) is 0. The number of hydrogen-bond donors (Lipinski definition) is 2. The Bertz CT molecular complexity index is 236. The lowest BCUT2D eigenvalue weighted by atomic mass is 10.3. The number of nitrogens with zero attached hydrogens (tertiary/aromatic N) is 1. The summed E-state index contributed by atoms with van der Waals surface area (Å²) < 4.78 is 0. The van der Waals surface area contributed by atoms with Crippen LogP contribution in [0, 0.1) is 11.3 Å². The van der Waals surface area contributed by atoms with E-state index in [0.717, 1.165) is 11.8 Å². The molecule has 0 radical (unpaired) electrons. The number of nitrogens with two attached hydrogens (primary N) is 1. The smallest absolute Gasteiger partial charge is 0.242 e. The van der Waals surface area contributed by atoms with E-state index >= 15 is 0 Å². The number of carbonyl (C=O) groups is 2. The largest absolute Gasteiger partial charge is 0.368 e. The van der Waals surface area contributed by atoms with Gasteiger partial charge in [0.2, 0.25) is 11.8 Å². The third kappa shape index (κ3) is 4.38. The molecule has 0 saturated heterocycles. The van der Waals surface area contributed by atoms with Gasteiger partial charge >= 0.3 is 0 Å². The molecule has 0 heterocycles. The van der Waals surface area contributed by atoms with Gasteiger partial charge in [0.1, 0.15) is 0 Å². The van der Waals surface area contributed by atoms with Crippen LogP contribution in [0.4, 0.5) is 0 Å². The summed E-state index contributed by atoms with van der Waals surface area (Å²) in [6.07, 6.45) is 1.85. The third-order valence-corrected chi connectivity index (χ3v) is 2.19. The Morgan fingerprint density at radius 3 is 2.69 bits per heavy atom. The molecule has 2 amide bonds. The van der Waals surface area contributed by atoms with Crippen molar-refractivity contribution >= 4 is 23.6 Å². The number of thioether (sulfide) groups is 1. The molecule has 0 aliphatic carbocycles. The summed E-state index contributed by atoms with van der Waals surface area (Å²) in [4.78, 5) is 21.8. The van der Waals surface area contributed by atoms with Gasteiger partial charge in [-0.25, -0.2) is 0 Å². The minimum atomic E-state index is -0.862. The molecular weight excluding hydrogens is 190 g/mol. The zero-order valence-corrected chi connectivity index (χ0v) is 8.06. The Morgan fingerprint density at radius 1 is 1.69 bits per heavy atom. The van der Waals surface area contributed by atoms with Crippen LogP contribution in [-0.2, 0) is 9.59 Å². The van der Waals surface area contributed by atoms with E-state index in [0.29, 0.717) is 0 Å². The van der Waals surface area contributed by atoms with Gasteiger partial charge in [0.05, 0.1) is 12.5 Å². The molecule has 0 bridgehead atoms. The van der Waals surface area contributed by atoms with E-state index in [4.69, 9.17) is 11.0 Å². The molecule has 6 heteroatoms. The van der Waals surface area contributed by atoms with E-state index in [2.05, 4.69) is 5.32 Å². The van der Waals surface area contributed by atoms with Gasteiger partial charge < -0.3 is 11.1 Å². The van der Waals surface area contributed by atoms with Crippen LogP contribution in [0.3, 0.4) is 0 Å². The molecule has 1 atom stereocenters. The lowest BCUT2D eigenvalue weighted by Crippen LogP contribution is -2.41. The monoisotopic (exact) mass is 201 g/mol. The van der Waals surface area contributed by atoms with Crippen molar-refractivity contribution < 1.29 is 9.59 Å². The minimum absolute atomic E-state index is 0.228. The van der Waals surface area contributed by atoms with Crippen molar-refractivity contribution in [3.63, 3.8) is 0 Å². The molecule has 72 valence electrons. The zero-order valence-electron chi connectivity index (χ0n) is 7.24. The summed E-state index contributed by atoms with van der Waals surface area (Å²) in [5.74, 6) is -1.10. The minimum Gasteiger partial charge on any atom is -0.368 e. The van der Waals surface area contributed by atoms with E-state index in [1.54, 1.807) is 6.26 Å². The summed E-state index contributed by atoms with van der Waals surface area (Å²) in [5, 5.41) is 9.76. The lowest BCUT2D eigenvalue weighted by molar-refractivity contribution is -0.126. The number of nitriles is 1. The van der Waals surface area contributed by atoms with Gasteiger partial charge in [0, 0.05) is 6.54 Å². The van der Waals surface area contributed by atoms with Crippen LogP contribution in [0.2, 0.25) is 0 Å². The van der Waals surface area contributed by atoms with E-state index in [9.17, 15) is 9.59 Å². The molecule has 13 heavy (non-hydrogen) atoms. The maximum Gasteiger partial charge on any atom is 0.242 e. The van der Waals surface area contributed by atoms with Crippen molar-refractivity contribution in [2.24, 2.45) is 5.73 Å². The fourth-order valence-electron chi connectivity index (χ4n) is 0.687. The molecule has 0 saturated carbocycles. The predicted octanol–water partition coefficient (Wildman–Crippen LogP) is -0.767. The van der Waals surface area contributed by atoms with E-state index in [1.807, 2.05) is 6.07 Å². The highest BCUT2D eigenvalue weighted by molar-refractivity contribution is 8.00.